The summed E-state index contributed by atoms with van der Waals surface area (Å²) in [6.45, 7) is 1.96. The Kier molecular flexibility index (Phi) is 3.90. The molecule has 0 aliphatic carbocycles. The molecule has 1 heterocycles. The van der Waals surface area contributed by atoms with E-state index < -0.39 is 0 Å². The fourth-order valence-corrected chi connectivity index (χ4v) is 2.79. The predicted octanol–water partition coefficient (Wildman–Crippen LogP) is 3.55. The number of nitrogens with zero attached hydrogens (tertiary/aromatic N) is 2. The normalized spacial score (nSPS) is 10.8. The third kappa shape index (κ3) is 2.47. The average Bonchev–Trinajstić information content (AvgIpc) is 3.01. The second-order valence-corrected chi connectivity index (χ2v) is 5.32. The van der Waals surface area contributed by atoms with Crippen LogP contribution in [-0.4, -0.2) is 15.1 Å². The van der Waals surface area contributed by atoms with Crippen molar-refractivity contribution in [2.45, 2.75) is 26.4 Å². The largest absolute Gasteiger partial charge is 0.392 e. The van der Waals surface area contributed by atoms with Crippen LogP contribution in [0.2, 0.25) is 0 Å². The van der Waals surface area contributed by atoms with Crippen molar-refractivity contribution < 1.29 is 5.11 Å². The summed E-state index contributed by atoms with van der Waals surface area (Å²) in [4.78, 5) is 7.35. The Morgan fingerprint density at radius 3 is 2.86 bits per heavy atom. The fraction of sp³-hybridized carbons (Fsp3) is 0.222. The number of aliphatic hydroxyl groups is 1. The van der Waals surface area contributed by atoms with Gasteiger partial charge in [-0.15, -0.1) is 0 Å². The molecule has 2 aromatic carbocycles. The van der Waals surface area contributed by atoms with Crippen LogP contribution in [0.15, 0.2) is 36.7 Å². The van der Waals surface area contributed by atoms with Gasteiger partial charge in [0.05, 0.1) is 35.6 Å². The van der Waals surface area contributed by atoms with E-state index >= 15 is 0 Å². The lowest BCUT2D eigenvalue weighted by molar-refractivity contribution is 0.282. The summed E-state index contributed by atoms with van der Waals surface area (Å²) >= 11 is 0. The molecule has 0 fully saturated rings. The maximum Gasteiger partial charge on any atom is 0.0995 e. The highest BCUT2D eigenvalue weighted by molar-refractivity contribution is 5.83. The van der Waals surface area contributed by atoms with Gasteiger partial charge in [-0.3, -0.25) is 0 Å². The van der Waals surface area contributed by atoms with Gasteiger partial charge in [-0.1, -0.05) is 25.5 Å². The van der Waals surface area contributed by atoms with E-state index in [0.717, 1.165) is 40.6 Å². The Labute approximate surface area is 129 Å². The molecule has 4 heteroatoms. The highest BCUT2D eigenvalue weighted by Gasteiger charge is 2.12. The third-order valence-corrected chi connectivity index (χ3v) is 3.86. The summed E-state index contributed by atoms with van der Waals surface area (Å²) < 4.78 is 0. The SMILES string of the molecule is CCCc1cc(C#N)c(CO)c(-c2ccc3[nH]cnc3c2)c1. The van der Waals surface area contributed by atoms with Crippen molar-refractivity contribution in [1.82, 2.24) is 9.97 Å². The number of fused-ring (bicyclic) bond motifs is 1. The number of aromatic nitrogens is 2. The molecular weight excluding hydrogens is 274 g/mol. The minimum Gasteiger partial charge on any atom is -0.392 e. The Morgan fingerprint density at radius 1 is 1.27 bits per heavy atom. The second-order valence-electron chi connectivity index (χ2n) is 5.32. The van der Waals surface area contributed by atoms with E-state index in [1.165, 1.54) is 0 Å². The van der Waals surface area contributed by atoms with Crippen molar-refractivity contribution >= 4 is 11.0 Å². The summed E-state index contributed by atoms with van der Waals surface area (Å²) in [5.41, 5.74) is 6.07. The fourth-order valence-electron chi connectivity index (χ4n) is 2.79. The number of H-pyrrole nitrogens is 1. The van der Waals surface area contributed by atoms with Crippen LogP contribution in [0.4, 0.5) is 0 Å². The van der Waals surface area contributed by atoms with Crippen LogP contribution < -0.4 is 0 Å². The molecule has 0 bridgehead atoms. The van der Waals surface area contributed by atoms with E-state index in [-0.39, 0.29) is 6.61 Å². The molecule has 0 spiro atoms. The van der Waals surface area contributed by atoms with E-state index in [2.05, 4.69) is 29.0 Å². The maximum atomic E-state index is 9.71. The van der Waals surface area contributed by atoms with Crippen LogP contribution in [0.1, 0.15) is 30.0 Å². The van der Waals surface area contributed by atoms with Gasteiger partial charge in [0.2, 0.25) is 0 Å². The molecule has 22 heavy (non-hydrogen) atoms. The van der Waals surface area contributed by atoms with Gasteiger partial charge in [0.25, 0.3) is 0 Å². The summed E-state index contributed by atoms with van der Waals surface area (Å²) in [5.74, 6) is 0. The van der Waals surface area contributed by atoms with Crippen molar-refractivity contribution in [2.24, 2.45) is 0 Å². The standard InChI is InChI=1S/C18H17N3O/c1-2-3-12-6-14(9-19)16(10-22)15(7-12)13-4-5-17-18(8-13)21-11-20-17/h4-8,11,22H,2-3,10H2,1H3,(H,20,21). The zero-order valence-corrected chi connectivity index (χ0v) is 12.4. The third-order valence-electron chi connectivity index (χ3n) is 3.86. The number of aliphatic hydroxyl groups excluding tert-OH is 1. The van der Waals surface area contributed by atoms with Crippen LogP contribution >= 0.6 is 0 Å². The smallest absolute Gasteiger partial charge is 0.0995 e. The lowest BCUT2D eigenvalue weighted by Crippen LogP contribution is -1.98. The van der Waals surface area contributed by atoms with Gasteiger partial charge in [-0.05, 0) is 41.3 Å². The number of hydrogen-bond donors (Lipinski definition) is 2. The molecule has 0 atom stereocenters. The van der Waals surface area contributed by atoms with Crippen LogP contribution in [-0.2, 0) is 13.0 Å². The highest BCUT2D eigenvalue weighted by Crippen LogP contribution is 2.30. The number of aryl methyl sites for hydroxylation is 1. The lowest BCUT2D eigenvalue weighted by atomic mass is 9.92. The van der Waals surface area contributed by atoms with Crippen LogP contribution in [0, 0.1) is 11.3 Å². The molecule has 0 unspecified atom stereocenters. The van der Waals surface area contributed by atoms with Gasteiger partial charge in [-0.25, -0.2) is 4.98 Å². The minimum absolute atomic E-state index is 0.150. The Bertz CT molecular complexity index is 858. The number of nitrogens with one attached hydrogen (secondary N) is 1. The molecule has 0 aliphatic rings. The van der Waals surface area contributed by atoms with Crippen molar-refractivity contribution in [2.75, 3.05) is 0 Å². The monoisotopic (exact) mass is 291 g/mol. The first kappa shape index (κ1) is 14.3. The zero-order valence-electron chi connectivity index (χ0n) is 12.4. The molecule has 0 amide bonds. The van der Waals surface area contributed by atoms with Gasteiger partial charge in [0.15, 0.2) is 0 Å². The van der Waals surface area contributed by atoms with Gasteiger partial charge in [0, 0.05) is 5.56 Å². The van der Waals surface area contributed by atoms with Crippen molar-refractivity contribution in [1.29, 1.82) is 5.26 Å². The van der Waals surface area contributed by atoms with E-state index in [1.54, 1.807) is 6.33 Å². The van der Waals surface area contributed by atoms with E-state index in [9.17, 15) is 10.4 Å². The van der Waals surface area contributed by atoms with Crippen molar-refractivity contribution in [3.63, 3.8) is 0 Å². The predicted molar refractivity (Wildman–Crippen MR) is 86.2 cm³/mol. The molecule has 0 radical (unpaired) electrons. The van der Waals surface area contributed by atoms with Crippen molar-refractivity contribution in [3.8, 4) is 17.2 Å². The molecule has 110 valence electrons. The van der Waals surface area contributed by atoms with E-state index in [4.69, 9.17) is 0 Å². The topological polar surface area (TPSA) is 72.7 Å². The highest BCUT2D eigenvalue weighted by atomic mass is 16.3. The minimum atomic E-state index is -0.150. The number of aromatic amines is 1. The Hall–Kier alpha value is -2.64. The average molecular weight is 291 g/mol. The Balaban J connectivity index is 2.22. The molecule has 0 saturated carbocycles. The zero-order chi connectivity index (χ0) is 15.5. The molecule has 2 N–H and O–H groups in total. The van der Waals surface area contributed by atoms with Crippen molar-refractivity contribution in [3.05, 3.63) is 53.3 Å². The maximum absolute atomic E-state index is 9.71. The second kappa shape index (κ2) is 6.00. The van der Waals surface area contributed by atoms with Gasteiger partial charge < -0.3 is 10.1 Å². The van der Waals surface area contributed by atoms with Crippen LogP contribution in [0.5, 0.6) is 0 Å². The molecule has 4 nitrogen and oxygen atoms in total. The summed E-state index contributed by atoms with van der Waals surface area (Å²) in [7, 11) is 0. The number of rotatable bonds is 4. The van der Waals surface area contributed by atoms with Gasteiger partial charge >= 0.3 is 0 Å². The lowest BCUT2D eigenvalue weighted by Gasteiger charge is -2.12. The van der Waals surface area contributed by atoms with E-state index in [1.807, 2.05) is 24.3 Å². The molecule has 3 aromatic rings. The number of hydrogen-bond acceptors (Lipinski definition) is 3. The first-order chi connectivity index (χ1) is 10.8. The number of benzene rings is 2. The quantitative estimate of drug-likeness (QED) is 0.772. The molecular formula is C18H17N3O. The molecule has 0 aliphatic heterocycles. The molecule has 1 aromatic heterocycles. The van der Waals surface area contributed by atoms with Crippen LogP contribution in [0.3, 0.4) is 0 Å². The first-order valence-corrected chi connectivity index (χ1v) is 7.37. The summed E-state index contributed by atoms with van der Waals surface area (Å²) in [5, 5.41) is 19.1. The Morgan fingerprint density at radius 2 is 2.14 bits per heavy atom. The number of imidazole rings is 1. The van der Waals surface area contributed by atoms with Gasteiger partial charge in [0.1, 0.15) is 0 Å². The number of nitriles is 1. The molecule has 3 rings (SSSR count). The van der Waals surface area contributed by atoms with Gasteiger partial charge in [-0.2, -0.15) is 5.26 Å². The summed E-state index contributed by atoms with van der Waals surface area (Å²) in [6, 6.07) is 12.1. The first-order valence-electron chi connectivity index (χ1n) is 7.37. The summed E-state index contributed by atoms with van der Waals surface area (Å²) in [6.07, 6.45) is 3.59. The molecule has 0 saturated heterocycles. The van der Waals surface area contributed by atoms with E-state index in [0.29, 0.717) is 11.1 Å². The van der Waals surface area contributed by atoms with Crippen LogP contribution in [0.25, 0.3) is 22.2 Å².